The first-order valence-corrected chi connectivity index (χ1v) is 7.92. The first-order valence-electron chi connectivity index (χ1n) is 7.92. The number of hydrogen-bond acceptors (Lipinski definition) is 4. The molecule has 2 N–H and O–H groups in total. The molecule has 0 fully saturated rings. The normalized spacial score (nSPS) is 11.2. The molecule has 1 unspecified atom stereocenters. The molecule has 2 rings (SSSR count). The molecular formula is C19H25ClN2O3. The van der Waals surface area contributed by atoms with Gasteiger partial charge in [-0.2, -0.15) is 0 Å². The fourth-order valence-electron chi connectivity index (χ4n) is 2.34. The average molecular weight is 365 g/mol. The van der Waals surface area contributed by atoms with E-state index in [1.807, 2.05) is 55.5 Å². The largest absolute Gasteiger partial charge is 0.493 e. The van der Waals surface area contributed by atoms with E-state index < -0.39 is 0 Å². The lowest BCUT2D eigenvalue weighted by Gasteiger charge is -2.17. The molecule has 0 aromatic heterocycles. The second-order valence-corrected chi connectivity index (χ2v) is 5.50. The maximum atomic E-state index is 11.7. The number of carbonyl (C=O) groups is 1. The third-order valence-corrected chi connectivity index (χ3v) is 3.64. The maximum Gasteiger partial charge on any atom is 0.234 e. The standard InChI is InChI=1S/C19H24N2O3.ClH/c1-14(21-19(22)12-20-2)16-9-10-17(18(11-16)23-3)24-13-15-7-5-4-6-8-15;/h4-11,14,20H,12-13H2,1-3H3,(H,21,22);1H. The quantitative estimate of drug-likeness (QED) is 0.755. The third kappa shape index (κ3) is 6.29. The molecule has 1 amide bonds. The minimum atomic E-state index is -0.108. The molecule has 0 bridgehead atoms. The van der Waals surface area contributed by atoms with Crippen LogP contribution in [0.15, 0.2) is 48.5 Å². The fourth-order valence-corrected chi connectivity index (χ4v) is 2.34. The van der Waals surface area contributed by atoms with Crippen molar-refractivity contribution < 1.29 is 14.3 Å². The van der Waals surface area contributed by atoms with E-state index in [0.29, 0.717) is 24.7 Å². The topological polar surface area (TPSA) is 59.6 Å². The molecule has 25 heavy (non-hydrogen) atoms. The van der Waals surface area contributed by atoms with Crippen LogP contribution in [0.4, 0.5) is 0 Å². The fraction of sp³-hybridized carbons (Fsp3) is 0.316. The van der Waals surface area contributed by atoms with Gasteiger partial charge in [0.25, 0.3) is 0 Å². The number of carbonyl (C=O) groups excluding carboxylic acids is 1. The predicted molar refractivity (Wildman–Crippen MR) is 102 cm³/mol. The summed E-state index contributed by atoms with van der Waals surface area (Å²) in [6, 6.07) is 15.6. The summed E-state index contributed by atoms with van der Waals surface area (Å²) in [5.41, 5.74) is 2.06. The third-order valence-electron chi connectivity index (χ3n) is 3.64. The van der Waals surface area contributed by atoms with Gasteiger partial charge in [0, 0.05) is 0 Å². The number of rotatable bonds is 8. The van der Waals surface area contributed by atoms with Crippen molar-refractivity contribution in [1.82, 2.24) is 10.6 Å². The average Bonchev–Trinajstić information content (AvgIpc) is 2.60. The highest BCUT2D eigenvalue weighted by molar-refractivity contribution is 5.85. The maximum absolute atomic E-state index is 11.7. The van der Waals surface area contributed by atoms with Crippen molar-refractivity contribution in [3.05, 3.63) is 59.7 Å². The van der Waals surface area contributed by atoms with Gasteiger partial charge in [0.2, 0.25) is 5.91 Å². The van der Waals surface area contributed by atoms with Gasteiger partial charge in [0.1, 0.15) is 6.61 Å². The van der Waals surface area contributed by atoms with Gasteiger partial charge in [-0.3, -0.25) is 4.79 Å². The SMILES string of the molecule is CNCC(=O)NC(C)c1ccc(OCc2ccccc2)c(OC)c1.Cl. The number of nitrogens with one attached hydrogen (secondary N) is 2. The molecular weight excluding hydrogens is 340 g/mol. The van der Waals surface area contributed by atoms with Crippen molar-refractivity contribution in [2.45, 2.75) is 19.6 Å². The molecule has 0 saturated heterocycles. The second kappa shape index (κ2) is 10.6. The number of likely N-dealkylation sites (N-methyl/N-ethyl adjacent to an activating group) is 1. The number of benzene rings is 2. The minimum Gasteiger partial charge on any atom is -0.493 e. The van der Waals surface area contributed by atoms with Crippen LogP contribution < -0.4 is 20.1 Å². The van der Waals surface area contributed by atoms with Gasteiger partial charge in [-0.25, -0.2) is 0 Å². The van der Waals surface area contributed by atoms with Crippen molar-refractivity contribution in [3.63, 3.8) is 0 Å². The Hall–Kier alpha value is -2.24. The van der Waals surface area contributed by atoms with Crippen LogP contribution in [-0.4, -0.2) is 26.6 Å². The molecule has 136 valence electrons. The highest BCUT2D eigenvalue weighted by Crippen LogP contribution is 2.30. The Kier molecular flexibility index (Phi) is 8.81. The Bertz CT molecular complexity index is 665. The van der Waals surface area contributed by atoms with E-state index in [0.717, 1.165) is 11.1 Å². The van der Waals surface area contributed by atoms with Crippen LogP contribution in [0.2, 0.25) is 0 Å². The van der Waals surface area contributed by atoms with Crippen molar-refractivity contribution in [2.75, 3.05) is 20.7 Å². The summed E-state index contributed by atoms with van der Waals surface area (Å²) in [4.78, 5) is 11.7. The number of methoxy groups -OCH3 is 1. The molecule has 2 aromatic carbocycles. The number of hydrogen-bond donors (Lipinski definition) is 2. The molecule has 1 atom stereocenters. The number of amides is 1. The van der Waals surface area contributed by atoms with Crippen molar-refractivity contribution in [2.24, 2.45) is 0 Å². The molecule has 0 radical (unpaired) electrons. The molecule has 0 saturated carbocycles. The van der Waals surface area contributed by atoms with E-state index in [-0.39, 0.29) is 24.4 Å². The van der Waals surface area contributed by atoms with E-state index >= 15 is 0 Å². The van der Waals surface area contributed by atoms with Gasteiger partial charge in [-0.05, 0) is 37.2 Å². The Morgan fingerprint density at radius 2 is 1.84 bits per heavy atom. The van der Waals surface area contributed by atoms with Gasteiger partial charge in [0.05, 0.1) is 19.7 Å². The Labute approximate surface area is 155 Å². The molecule has 2 aromatic rings. The highest BCUT2D eigenvalue weighted by atomic mass is 35.5. The lowest BCUT2D eigenvalue weighted by Crippen LogP contribution is -2.33. The van der Waals surface area contributed by atoms with Crippen molar-refractivity contribution in [1.29, 1.82) is 0 Å². The summed E-state index contributed by atoms with van der Waals surface area (Å²) in [7, 11) is 3.35. The van der Waals surface area contributed by atoms with E-state index in [1.54, 1.807) is 14.2 Å². The molecule has 0 aliphatic carbocycles. The van der Waals surface area contributed by atoms with Crippen molar-refractivity contribution >= 4 is 18.3 Å². The lowest BCUT2D eigenvalue weighted by atomic mass is 10.1. The predicted octanol–water partition coefficient (Wildman–Crippen LogP) is 3.09. The van der Waals surface area contributed by atoms with Crippen LogP contribution in [-0.2, 0) is 11.4 Å². The molecule has 5 nitrogen and oxygen atoms in total. The zero-order chi connectivity index (χ0) is 17.4. The number of halogens is 1. The van der Waals surface area contributed by atoms with Gasteiger partial charge in [-0.15, -0.1) is 12.4 Å². The summed E-state index contributed by atoms with van der Waals surface area (Å²) in [5, 5.41) is 5.76. The van der Waals surface area contributed by atoms with Crippen LogP contribution in [0.3, 0.4) is 0 Å². The van der Waals surface area contributed by atoms with Gasteiger partial charge in [-0.1, -0.05) is 36.4 Å². The van der Waals surface area contributed by atoms with Crippen LogP contribution in [0.25, 0.3) is 0 Å². The molecule has 0 aliphatic rings. The molecule has 0 heterocycles. The first kappa shape index (κ1) is 20.8. The molecule has 0 aliphatic heterocycles. The Morgan fingerprint density at radius 1 is 1.12 bits per heavy atom. The summed E-state index contributed by atoms with van der Waals surface area (Å²) in [6.45, 7) is 2.71. The first-order chi connectivity index (χ1) is 11.6. The zero-order valence-corrected chi connectivity index (χ0v) is 15.6. The smallest absolute Gasteiger partial charge is 0.234 e. The van der Waals surface area contributed by atoms with Gasteiger partial charge in [0.15, 0.2) is 11.5 Å². The van der Waals surface area contributed by atoms with Gasteiger partial charge >= 0.3 is 0 Å². The monoisotopic (exact) mass is 364 g/mol. The molecule has 0 spiro atoms. The minimum absolute atomic E-state index is 0. The van der Waals surface area contributed by atoms with Crippen LogP contribution in [0.1, 0.15) is 24.1 Å². The van der Waals surface area contributed by atoms with Crippen LogP contribution in [0, 0.1) is 0 Å². The second-order valence-electron chi connectivity index (χ2n) is 5.50. The van der Waals surface area contributed by atoms with Crippen LogP contribution in [0.5, 0.6) is 11.5 Å². The summed E-state index contributed by atoms with van der Waals surface area (Å²) < 4.78 is 11.3. The van der Waals surface area contributed by atoms with Crippen LogP contribution >= 0.6 is 12.4 Å². The lowest BCUT2D eigenvalue weighted by molar-refractivity contribution is -0.120. The highest BCUT2D eigenvalue weighted by Gasteiger charge is 2.12. The Balaban J connectivity index is 0.00000312. The van der Waals surface area contributed by atoms with Gasteiger partial charge < -0.3 is 20.1 Å². The van der Waals surface area contributed by atoms with E-state index in [4.69, 9.17) is 9.47 Å². The molecule has 6 heteroatoms. The van der Waals surface area contributed by atoms with E-state index in [9.17, 15) is 4.79 Å². The van der Waals surface area contributed by atoms with E-state index in [1.165, 1.54) is 0 Å². The van der Waals surface area contributed by atoms with E-state index in [2.05, 4.69) is 10.6 Å². The van der Waals surface area contributed by atoms with Crippen molar-refractivity contribution in [3.8, 4) is 11.5 Å². The summed E-state index contributed by atoms with van der Waals surface area (Å²) in [6.07, 6.45) is 0. The summed E-state index contributed by atoms with van der Waals surface area (Å²) >= 11 is 0. The Morgan fingerprint density at radius 3 is 2.48 bits per heavy atom. The zero-order valence-electron chi connectivity index (χ0n) is 14.7. The summed E-state index contributed by atoms with van der Waals surface area (Å²) in [5.74, 6) is 1.28. The number of ether oxygens (including phenoxy) is 2.